The number of H-pyrrole nitrogens is 1. The number of fused-ring (bicyclic) bond motifs is 1. The van der Waals surface area contributed by atoms with E-state index in [1.165, 1.54) is 6.92 Å². The Morgan fingerprint density at radius 1 is 1.12 bits per heavy atom. The van der Waals surface area contributed by atoms with E-state index >= 15 is 0 Å². The lowest BCUT2D eigenvalue weighted by Crippen LogP contribution is -2.18. The van der Waals surface area contributed by atoms with Crippen molar-refractivity contribution >= 4 is 16.8 Å². The van der Waals surface area contributed by atoms with Gasteiger partial charge in [0.05, 0.1) is 0 Å². The Morgan fingerprint density at radius 2 is 1.92 bits per heavy atom. The van der Waals surface area contributed by atoms with Crippen molar-refractivity contribution in [3.63, 3.8) is 0 Å². The van der Waals surface area contributed by atoms with Gasteiger partial charge in [-0.3, -0.25) is 4.79 Å². The minimum absolute atomic E-state index is 0.0509. The lowest BCUT2D eigenvalue weighted by Gasteiger charge is -2.02. The molecule has 0 atom stereocenters. The zero-order chi connectivity index (χ0) is 17.2. The fourth-order valence-electron chi connectivity index (χ4n) is 2.64. The van der Waals surface area contributed by atoms with Crippen LogP contribution in [0.5, 0.6) is 0 Å². The molecule has 6 nitrogen and oxygen atoms in total. The largest absolute Gasteiger partial charge is 0.361 e. The van der Waals surface area contributed by atoms with E-state index < -0.39 is 0 Å². The zero-order valence-electron chi connectivity index (χ0n) is 13.6. The second-order valence-corrected chi connectivity index (χ2v) is 5.81. The summed E-state index contributed by atoms with van der Waals surface area (Å²) >= 11 is 0. The van der Waals surface area contributed by atoms with Gasteiger partial charge in [-0.25, -0.2) is 0 Å². The molecule has 25 heavy (non-hydrogen) atoms. The van der Waals surface area contributed by atoms with Crippen molar-refractivity contribution in [2.45, 2.75) is 13.5 Å². The molecule has 124 valence electrons. The fourth-order valence-corrected chi connectivity index (χ4v) is 2.64. The molecule has 0 fully saturated rings. The third-order valence-electron chi connectivity index (χ3n) is 3.98. The standard InChI is InChI=1S/C19H16N4O2/c1-12(24)21-11-13-2-4-14(5-3-13)19-22-18(23-25-19)16-6-7-17-15(10-16)8-9-20-17/h2-10,20H,11H2,1H3,(H,21,24). The summed E-state index contributed by atoms with van der Waals surface area (Å²) in [6, 6.07) is 15.7. The van der Waals surface area contributed by atoms with Gasteiger partial charge in [-0.15, -0.1) is 0 Å². The maximum atomic E-state index is 11.0. The van der Waals surface area contributed by atoms with Gasteiger partial charge in [0.2, 0.25) is 11.7 Å². The summed E-state index contributed by atoms with van der Waals surface area (Å²) in [5.41, 5.74) is 3.83. The van der Waals surface area contributed by atoms with E-state index in [1.54, 1.807) is 0 Å². The van der Waals surface area contributed by atoms with Gasteiger partial charge in [-0.2, -0.15) is 4.98 Å². The van der Waals surface area contributed by atoms with Gasteiger partial charge in [-0.1, -0.05) is 17.3 Å². The highest BCUT2D eigenvalue weighted by molar-refractivity contribution is 5.83. The third-order valence-corrected chi connectivity index (χ3v) is 3.98. The lowest BCUT2D eigenvalue weighted by molar-refractivity contribution is -0.119. The Balaban J connectivity index is 1.57. The molecular formula is C19H16N4O2. The topological polar surface area (TPSA) is 83.8 Å². The highest BCUT2D eigenvalue weighted by atomic mass is 16.5. The van der Waals surface area contributed by atoms with E-state index in [0.29, 0.717) is 18.3 Å². The van der Waals surface area contributed by atoms with Crippen LogP contribution in [0.3, 0.4) is 0 Å². The average Bonchev–Trinajstić information content (AvgIpc) is 3.29. The van der Waals surface area contributed by atoms with Crippen LogP contribution in [0.4, 0.5) is 0 Å². The Hall–Kier alpha value is -3.41. The minimum Gasteiger partial charge on any atom is -0.361 e. The smallest absolute Gasteiger partial charge is 0.258 e. The number of benzene rings is 2. The van der Waals surface area contributed by atoms with Gasteiger partial charge < -0.3 is 14.8 Å². The zero-order valence-corrected chi connectivity index (χ0v) is 13.6. The fraction of sp³-hybridized carbons (Fsp3) is 0.105. The molecule has 2 aromatic heterocycles. The van der Waals surface area contributed by atoms with Crippen LogP contribution in [0.25, 0.3) is 33.7 Å². The summed E-state index contributed by atoms with van der Waals surface area (Å²) in [6.07, 6.45) is 1.90. The maximum absolute atomic E-state index is 11.0. The molecule has 0 aliphatic rings. The van der Waals surface area contributed by atoms with Crippen molar-refractivity contribution in [3.05, 3.63) is 60.3 Å². The van der Waals surface area contributed by atoms with E-state index in [0.717, 1.165) is 27.6 Å². The molecular weight excluding hydrogens is 316 g/mol. The number of carbonyl (C=O) groups is 1. The minimum atomic E-state index is -0.0509. The average molecular weight is 332 g/mol. The molecule has 0 saturated carbocycles. The Labute approximate surface area is 143 Å². The number of carbonyl (C=O) groups excluding carboxylic acids is 1. The number of nitrogens with zero attached hydrogens (tertiary/aromatic N) is 2. The van der Waals surface area contributed by atoms with Crippen molar-refractivity contribution in [3.8, 4) is 22.8 Å². The van der Waals surface area contributed by atoms with Gasteiger partial charge >= 0.3 is 0 Å². The first-order chi connectivity index (χ1) is 12.2. The summed E-state index contributed by atoms with van der Waals surface area (Å²) in [7, 11) is 0. The normalized spacial score (nSPS) is 10.9. The van der Waals surface area contributed by atoms with E-state index in [-0.39, 0.29) is 5.91 Å². The van der Waals surface area contributed by atoms with Crippen molar-refractivity contribution in [2.75, 3.05) is 0 Å². The van der Waals surface area contributed by atoms with Crippen molar-refractivity contribution in [2.24, 2.45) is 0 Å². The van der Waals surface area contributed by atoms with Crippen LogP contribution in [-0.2, 0) is 11.3 Å². The van der Waals surface area contributed by atoms with E-state index in [4.69, 9.17) is 4.52 Å². The highest BCUT2D eigenvalue weighted by Gasteiger charge is 2.11. The summed E-state index contributed by atoms with van der Waals surface area (Å²) in [5, 5.41) is 7.95. The van der Waals surface area contributed by atoms with Gasteiger partial charge in [0.25, 0.3) is 5.89 Å². The monoisotopic (exact) mass is 332 g/mol. The number of amides is 1. The third kappa shape index (κ3) is 3.14. The van der Waals surface area contributed by atoms with Crippen LogP contribution in [0.15, 0.2) is 59.3 Å². The number of hydrogen-bond donors (Lipinski definition) is 2. The maximum Gasteiger partial charge on any atom is 0.258 e. The summed E-state index contributed by atoms with van der Waals surface area (Å²) in [6.45, 7) is 2.00. The molecule has 4 rings (SSSR count). The quantitative estimate of drug-likeness (QED) is 0.599. The molecule has 0 bridgehead atoms. The Kier molecular flexibility index (Phi) is 3.78. The second-order valence-electron chi connectivity index (χ2n) is 5.81. The first kappa shape index (κ1) is 15.1. The summed E-state index contributed by atoms with van der Waals surface area (Å²) in [5.74, 6) is 0.973. The molecule has 1 amide bonds. The molecule has 0 radical (unpaired) electrons. The van der Waals surface area contributed by atoms with Gasteiger partial charge in [0.1, 0.15) is 0 Å². The molecule has 0 aliphatic heterocycles. The van der Waals surface area contributed by atoms with Crippen LogP contribution in [0, 0.1) is 0 Å². The molecule has 0 aliphatic carbocycles. The van der Waals surface area contributed by atoms with Crippen molar-refractivity contribution < 1.29 is 9.32 Å². The molecule has 6 heteroatoms. The van der Waals surface area contributed by atoms with E-state index in [9.17, 15) is 4.79 Å². The van der Waals surface area contributed by atoms with Gasteiger partial charge in [0, 0.05) is 41.7 Å². The number of aromatic amines is 1. The van der Waals surface area contributed by atoms with Crippen molar-refractivity contribution in [1.29, 1.82) is 0 Å². The molecule has 0 saturated heterocycles. The van der Waals surface area contributed by atoms with Crippen LogP contribution in [0.1, 0.15) is 12.5 Å². The molecule has 2 aromatic carbocycles. The van der Waals surface area contributed by atoms with E-state index in [1.807, 2.05) is 54.7 Å². The molecule has 2 heterocycles. The van der Waals surface area contributed by atoms with Gasteiger partial charge in [0.15, 0.2) is 0 Å². The first-order valence-electron chi connectivity index (χ1n) is 7.94. The summed E-state index contributed by atoms with van der Waals surface area (Å²) in [4.78, 5) is 18.6. The lowest BCUT2D eigenvalue weighted by atomic mass is 10.1. The predicted octanol–water partition coefficient (Wildman–Crippen LogP) is 3.52. The molecule has 4 aromatic rings. The predicted molar refractivity (Wildman–Crippen MR) is 94.5 cm³/mol. The summed E-state index contributed by atoms with van der Waals surface area (Å²) < 4.78 is 5.40. The van der Waals surface area contributed by atoms with E-state index in [2.05, 4.69) is 20.4 Å². The van der Waals surface area contributed by atoms with Crippen LogP contribution < -0.4 is 5.32 Å². The first-order valence-corrected chi connectivity index (χ1v) is 7.94. The SMILES string of the molecule is CC(=O)NCc1ccc(-c2nc(-c3ccc4[nH]ccc4c3)no2)cc1. The van der Waals surface area contributed by atoms with Crippen LogP contribution >= 0.6 is 0 Å². The second kappa shape index (κ2) is 6.24. The number of nitrogens with one attached hydrogen (secondary N) is 2. The Morgan fingerprint density at radius 3 is 2.72 bits per heavy atom. The molecule has 0 spiro atoms. The van der Waals surface area contributed by atoms with Crippen LogP contribution in [-0.4, -0.2) is 21.0 Å². The number of aromatic nitrogens is 3. The Bertz CT molecular complexity index is 1030. The number of hydrogen-bond acceptors (Lipinski definition) is 4. The highest BCUT2D eigenvalue weighted by Crippen LogP contribution is 2.25. The molecule has 2 N–H and O–H groups in total. The van der Waals surface area contributed by atoms with Crippen LogP contribution in [0.2, 0.25) is 0 Å². The number of rotatable bonds is 4. The van der Waals surface area contributed by atoms with Gasteiger partial charge in [-0.05, 0) is 42.0 Å². The molecule has 0 unspecified atom stereocenters. The van der Waals surface area contributed by atoms with Crippen molar-refractivity contribution in [1.82, 2.24) is 20.4 Å².